The number of hydrogen-bond acceptors (Lipinski definition) is 4. The Bertz CT molecular complexity index is 948. The van der Waals surface area contributed by atoms with Gasteiger partial charge in [0.1, 0.15) is 6.61 Å². The first-order chi connectivity index (χ1) is 14.4. The lowest BCUT2D eigenvalue weighted by atomic mass is 9.51. The highest BCUT2D eigenvalue weighted by Crippen LogP contribution is 2.67. The van der Waals surface area contributed by atoms with Crippen molar-refractivity contribution in [1.29, 1.82) is 0 Å². The number of pyridine rings is 1. The molecule has 6 atom stereocenters. The second kappa shape index (κ2) is 6.98. The molecule has 1 heterocycles. The lowest BCUT2D eigenvalue weighted by Gasteiger charge is -2.53. The standard InChI is InChI=1S/C26H31NO3/c1-25-10-8-17(29)13-16(25)6-7-18-20(25)9-11-26(2)21(18)14-19(24(26)23(30)15-28)22-5-3-4-12-27-22/h3-5,9,12-13,18-19,21,24,28H,6-8,10-11,14-15H2,1-2H3/t18?,19-,21?,24-,25+,26+/m1/s1. The molecular weight excluding hydrogens is 374 g/mol. The Labute approximate surface area is 178 Å². The molecule has 2 unspecified atom stereocenters. The summed E-state index contributed by atoms with van der Waals surface area (Å²) in [5, 5.41) is 9.79. The van der Waals surface area contributed by atoms with Gasteiger partial charge in [-0.25, -0.2) is 0 Å². The molecule has 4 aliphatic carbocycles. The van der Waals surface area contributed by atoms with Gasteiger partial charge < -0.3 is 5.11 Å². The maximum atomic E-state index is 13.0. The third-order valence-corrected chi connectivity index (χ3v) is 8.96. The lowest BCUT2D eigenvalue weighted by molar-refractivity contribution is -0.130. The smallest absolute Gasteiger partial charge is 0.162 e. The van der Waals surface area contributed by atoms with E-state index in [1.165, 1.54) is 11.1 Å². The fourth-order valence-corrected chi connectivity index (χ4v) is 7.49. The van der Waals surface area contributed by atoms with Crippen molar-refractivity contribution in [3.8, 4) is 0 Å². The minimum atomic E-state index is -0.399. The highest BCUT2D eigenvalue weighted by molar-refractivity contribution is 5.92. The van der Waals surface area contributed by atoms with Crippen LogP contribution in [0.3, 0.4) is 0 Å². The van der Waals surface area contributed by atoms with Crippen LogP contribution in [0.25, 0.3) is 0 Å². The molecule has 158 valence electrons. The number of hydrogen-bond donors (Lipinski definition) is 1. The number of rotatable bonds is 3. The number of aromatic nitrogens is 1. The Morgan fingerprint density at radius 3 is 2.80 bits per heavy atom. The Kier molecular flexibility index (Phi) is 4.62. The molecule has 0 aliphatic heterocycles. The van der Waals surface area contributed by atoms with Crippen molar-refractivity contribution in [2.75, 3.05) is 6.61 Å². The Hall–Kier alpha value is -2.07. The van der Waals surface area contributed by atoms with Crippen molar-refractivity contribution in [2.24, 2.45) is 28.6 Å². The van der Waals surface area contributed by atoms with Gasteiger partial charge in [0.25, 0.3) is 0 Å². The van der Waals surface area contributed by atoms with Gasteiger partial charge in [-0.1, -0.05) is 37.1 Å². The van der Waals surface area contributed by atoms with Crippen molar-refractivity contribution in [2.45, 2.75) is 58.3 Å². The molecule has 0 bridgehead atoms. The molecule has 2 fully saturated rings. The second-order valence-corrected chi connectivity index (χ2v) is 10.3. The summed E-state index contributed by atoms with van der Waals surface area (Å²) >= 11 is 0. The Morgan fingerprint density at radius 1 is 1.23 bits per heavy atom. The van der Waals surface area contributed by atoms with Crippen LogP contribution in [0.1, 0.15) is 64.0 Å². The molecule has 0 aromatic carbocycles. The molecule has 4 nitrogen and oxygen atoms in total. The van der Waals surface area contributed by atoms with E-state index in [2.05, 4.69) is 24.9 Å². The molecule has 0 radical (unpaired) electrons. The minimum absolute atomic E-state index is 0.00226. The van der Waals surface area contributed by atoms with Crippen LogP contribution in [0.4, 0.5) is 0 Å². The van der Waals surface area contributed by atoms with Crippen LogP contribution in [-0.2, 0) is 9.59 Å². The average Bonchev–Trinajstić information content (AvgIpc) is 3.07. The Balaban J connectivity index is 1.57. The molecule has 2 saturated carbocycles. The molecule has 0 saturated heterocycles. The minimum Gasteiger partial charge on any atom is -0.389 e. The number of carbonyl (C=O) groups is 2. The van der Waals surface area contributed by atoms with Gasteiger partial charge in [-0.3, -0.25) is 14.6 Å². The Morgan fingerprint density at radius 2 is 2.07 bits per heavy atom. The summed E-state index contributed by atoms with van der Waals surface area (Å²) in [6, 6.07) is 5.94. The van der Waals surface area contributed by atoms with E-state index < -0.39 is 6.61 Å². The van der Waals surface area contributed by atoms with Gasteiger partial charge in [0.05, 0.1) is 0 Å². The van der Waals surface area contributed by atoms with Crippen LogP contribution in [0.5, 0.6) is 0 Å². The summed E-state index contributed by atoms with van der Waals surface area (Å²) in [4.78, 5) is 29.7. The molecule has 0 spiro atoms. The van der Waals surface area contributed by atoms with Crippen LogP contribution < -0.4 is 0 Å². The van der Waals surface area contributed by atoms with Gasteiger partial charge in [-0.05, 0) is 67.6 Å². The van der Waals surface area contributed by atoms with E-state index in [4.69, 9.17) is 0 Å². The predicted octanol–water partition coefficient (Wildman–Crippen LogP) is 4.40. The first-order valence-corrected chi connectivity index (χ1v) is 11.4. The van der Waals surface area contributed by atoms with Gasteiger partial charge in [0.2, 0.25) is 0 Å². The number of aliphatic hydroxyl groups is 1. The van der Waals surface area contributed by atoms with Crippen LogP contribution in [-0.4, -0.2) is 28.3 Å². The summed E-state index contributed by atoms with van der Waals surface area (Å²) < 4.78 is 0. The van der Waals surface area contributed by atoms with E-state index in [0.29, 0.717) is 18.3 Å². The normalized spacial score (nSPS) is 40.0. The summed E-state index contributed by atoms with van der Waals surface area (Å²) in [7, 11) is 0. The maximum Gasteiger partial charge on any atom is 0.162 e. The predicted molar refractivity (Wildman–Crippen MR) is 115 cm³/mol. The number of fused-ring (bicyclic) bond motifs is 5. The van der Waals surface area contributed by atoms with Crippen LogP contribution in [0.2, 0.25) is 0 Å². The van der Waals surface area contributed by atoms with E-state index >= 15 is 0 Å². The maximum absolute atomic E-state index is 13.0. The number of nitrogens with zero attached hydrogens (tertiary/aromatic N) is 1. The lowest BCUT2D eigenvalue weighted by Crippen LogP contribution is -2.46. The largest absolute Gasteiger partial charge is 0.389 e. The highest BCUT2D eigenvalue weighted by atomic mass is 16.3. The van der Waals surface area contributed by atoms with Crippen molar-refractivity contribution in [1.82, 2.24) is 4.98 Å². The first-order valence-electron chi connectivity index (χ1n) is 11.4. The van der Waals surface area contributed by atoms with E-state index in [-0.39, 0.29) is 34.2 Å². The SMILES string of the molecule is C[C@]12CCC(=O)C=C1CCC1C2=CC[C@@]2(C)C1C[C@H](c1ccccn1)[C@@H]2C(=O)CO. The zero-order chi connectivity index (χ0) is 21.1. The quantitative estimate of drug-likeness (QED) is 0.757. The number of allylic oxidation sites excluding steroid dienone is 4. The topological polar surface area (TPSA) is 67.3 Å². The van der Waals surface area contributed by atoms with E-state index in [1.807, 2.05) is 30.5 Å². The molecule has 1 N–H and O–H groups in total. The van der Waals surface area contributed by atoms with E-state index in [1.54, 1.807) is 0 Å². The van der Waals surface area contributed by atoms with Gasteiger partial charge in [0.15, 0.2) is 11.6 Å². The molecule has 5 rings (SSSR count). The zero-order valence-electron chi connectivity index (χ0n) is 17.9. The first kappa shape index (κ1) is 19.9. The van der Waals surface area contributed by atoms with Gasteiger partial charge in [-0.2, -0.15) is 0 Å². The number of Topliss-reactive ketones (excluding diaryl/α,β-unsaturated/α-hetero) is 1. The fourth-order valence-electron chi connectivity index (χ4n) is 7.49. The number of ketones is 2. The van der Waals surface area contributed by atoms with Crippen LogP contribution in [0.15, 0.2) is 47.7 Å². The second-order valence-electron chi connectivity index (χ2n) is 10.3. The fraction of sp³-hybridized carbons (Fsp3) is 0.577. The van der Waals surface area contributed by atoms with Gasteiger partial charge >= 0.3 is 0 Å². The zero-order valence-corrected chi connectivity index (χ0v) is 17.9. The summed E-state index contributed by atoms with van der Waals surface area (Å²) in [5.74, 6) is 0.942. The van der Waals surface area contributed by atoms with Gasteiger partial charge in [0, 0.05) is 35.6 Å². The molecule has 4 aliphatic rings. The highest BCUT2D eigenvalue weighted by Gasteiger charge is 2.60. The van der Waals surface area contributed by atoms with Crippen LogP contribution >= 0.6 is 0 Å². The van der Waals surface area contributed by atoms with Crippen LogP contribution in [0, 0.1) is 28.6 Å². The molecule has 4 heteroatoms. The molecule has 1 aromatic rings. The summed E-state index contributed by atoms with van der Waals surface area (Å²) in [5.41, 5.74) is 3.64. The van der Waals surface area contributed by atoms with E-state index in [9.17, 15) is 14.7 Å². The molecule has 30 heavy (non-hydrogen) atoms. The third-order valence-electron chi connectivity index (χ3n) is 8.96. The molecule has 1 aromatic heterocycles. The van der Waals surface area contributed by atoms with Crippen molar-refractivity contribution in [3.05, 3.63) is 53.4 Å². The number of aliphatic hydroxyl groups excluding tert-OH is 1. The molecule has 0 amide bonds. The summed E-state index contributed by atoms with van der Waals surface area (Å²) in [6.07, 6.45) is 11.5. The average molecular weight is 406 g/mol. The number of carbonyl (C=O) groups excluding carboxylic acids is 2. The van der Waals surface area contributed by atoms with E-state index in [0.717, 1.165) is 37.8 Å². The molecular formula is C26H31NO3. The van der Waals surface area contributed by atoms with Crippen molar-refractivity contribution < 1.29 is 14.7 Å². The van der Waals surface area contributed by atoms with Crippen molar-refractivity contribution in [3.63, 3.8) is 0 Å². The third kappa shape index (κ3) is 2.72. The monoisotopic (exact) mass is 405 g/mol. The van der Waals surface area contributed by atoms with Gasteiger partial charge in [-0.15, -0.1) is 0 Å². The van der Waals surface area contributed by atoms with Crippen molar-refractivity contribution >= 4 is 11.6 Å². The summed E-state index contributed by atoms with van der Waals surface area (Å²) in [6.45, 7) is 4.20.